The molecule has 4 nitrogen and oxygen atoms in total. The lowest BCUT2D eigenvalue weighted by molar-refractivity contribution is -0.131. The summed E-state index contributed by atoms with van der Waals surface area (Å²) in [6.07, 6.45) is 1.29. The van der Waals surface area contributed by atoms with Gasteiger partial charge >= 0.3 is 0 Å². The van der Waals surface area contributed by atoms with Gasteiger partial charge in [0.25, 0.3) is 0 Å². The monoisotopic (exact) mass is 347 g/mol. The fourth-order valence-electron chi connectivity index (χ4n) is 2.66. The summed E-state index contributed by atoms with van der Waals surface area (Å²) in [6.45, 7) is 3.45. The number of rotatable bonds is 2. The topological polar surface area (TPSA) is 38.1 Å². The van der Waals surface area contributed by atoms with E-state index in [0.29, 0.717) is 13.0 Å². The molecule has 1 aliphatic rings. The van der Waals surface area contributed by atoms with Crippen molar-refractivity contribution >= 4 is 21.8 Å². The van der Waals surface area contributed by atoms with Crippen molar-refractivity contribution in [2.75, 3.05) is 6.54 Å². The van der Waals surface area contributed by atoms with Crippen molar-refractivity contribution in [2.24, 2.45) is 7.05 Å². The lowest BCUT2D eigenvalue weighted by atomic mass is 10.1. The van der Waals surface area contributed by atoms with E-state index in [1.54, 1.807) is 0 Å². The van der Waals surface area contributed by atoms with E-state index in [2.05, 4.69) is 40.0 Å². The van der Waals surface area contributed by atoms with E-state index in [1.807, 2.05) is 28.6 Å². The first-order chi connectivity index (χ1) is 10.0. The SMILES string of the molecule is Cc1ccc(CC(=O)N2CCc3nc(Br)n(C)c3C2)cc1. The van der Waals surface area contributed by atoms with E-state index >= 15 is 0 Å². The summed E-state index contributed by atoms with van der Waals surface area (Å²) in [7, 11) is 1.98. The van der Waals surface area contributed by atoms with Gasteiger partial charge in [0.2, 0.25) is 5.91 Å². The fraction of sp³-hybridized carbons (Fsp3) is 0.375. The molecule has 21 heavy (non-hydrogen) atoms. The van der Waals surface area contributed by atoms with Crippen molar-refractivity contribution in [1.82, 2.24) is 14.5 Å². The third-order valence-corrected chi connectivity index (χ3v) is 4.74. The minimum Gasteiger partial charge on any atom is -0.336 e. The molecule has 0 saturated heterocycles. The first-order valence-electron chi connectivity index (χ1n) is 7.08. The largest absolute Gasteiger partial charge is 0.336 e. The van der Waals surface area contributed by atoms with Crippen molar-refractivity contribution in [3.63, 3.8) is 0 Å². The second-order valence-electron chi connectivity index (χ2n) is 5.56. The normalized spacial score (nSPS) is 14.1. The Balaban J connectivity index is 1.72. The van der Waals surface area contributed by atoms with Crippen LogP contribution in [-0.2, 0) is 31.2 Å². The smallest absolute Gasteiger partial charge is 0.227 e. The number of nitrogens with zero attached hydrogens (tertiary/aromatic N) is 3. The van der Waals surface area contributed by atoms with Gasteiger partial charge in [-0.1, -0.05) is 29.8 Å². The third-order valence-electron chi connectivity index (χ3n) is 4.03. The molecule has 3 rings (SSSR count). The minimum atomic E-state index is 0.182. The molecule has 2 heterocycles. The number of carbonyl (C=O) groups excluding carboxylic acids is 1. The Morgan fingerprint density at radius 2 is 2.05 bits per heavy atom. The quantitative estimate of drug-likeness (QED) is 0.837. The number of imidazole rings is 1. The summed E-state index contributed by atoms with van der Waals surface area (Å²) >= 11 is 3.44. The average molecular weight is 348 g/mol. The summed E-state index contributed by atoms with van der Waals surface area (Å²) in [5.41, 5.74) is 4.52. The van der Waals surface area contributed by atoms with Crippen LogP contribution in [0.4, 0.5) is 0 Å². The predicted molar refractivity (Wildman–Crippen MR) is 84.9 cm³/mol. The molecular weight excluding hydrogens is 330 g/mol. The maximum atomic E-state index is 12.5. The Morgan fingerprint density at radius 1 is 1.33 bits per heavy atom. The van der Waals surface area contributed by atoms with E-state index in [4.69, 9.17) is 0 Å². The van der Waals surface area contributed by atoms with Gasteiger partial charge in [0.05, 0.1) is 24.4 Å². The lowest BCUT2D eigenvalue weighted by Gasteiger charge is -2.27. The van der Waals surface area contributed by atoms with Crippen molar-refractivity contribution < 1.29 is 4.79 Å². The van der Waals surface area contributed by atoms with Crippen molar-refractivity contribution in [2.45, 2.75) is 26.3 Å². The average Bonchev–Trinajstić information content (AvgIpc) is 2.76. The molecular formula is C16H18BrN3O. The maximum Gasteiger partial charge on any atom is 0.227 e. The molecule has 5 heteroatoms. The number of carbonyl (C=O) groups is 1. The first-order valence-corrected chi connectivity index (χ1v) is 7.87. The van der Waals surface area contributed by atoms with Gasteiger partial charge < -0.3 is 9.47 Å². The molecule has 0 saturated carbocycles. The zero-order valence-electron chi connectivity index (χ0n) is 12.3. The Bertz CT molecular complexity index is 676. The van der Waals surface area contributed by atoms with Gasteiger partial charge in [0.15, 0.2) is 4.73 Å². The van der Waals surface area contributed by atoms with Gasteiger partial charge in [-0.2, -0.15) is 0 Å². The van der Waals surface area contributed by atoms with Crippen LogP contribution in [0.3, 0.4) is 0 Å². The van der Waals surface area contributed by atoms with Crippen molar-refractivity contribution in [3.05, 3.63) is 51.5 Å². The van der Waals surface area contributed by atoms with Crippen LogP contribution in [0.1, 0.15) is 22.5 Å². The second kappa shape index (κ2) is 5.64. The van der Waals surface area contributed by atoms with E-state index < -0.39 is 0 Å². The number of fused-ring (bicyclic) bond motifs is 1. The van der Waals surface area contributed by atoms with Crippen LogP contribution in [0.25, 0.3) is 0 Å². The lowest BCUT2D eigenvalue weighted by Crippen LogP contribution is -2.37. The molecule has 0 fully saturated rings. The molecule has 0 radical (unpaired) electrons. The Morgan fingerprint density at radius 3 is 2.76 bits per heavy atom. The molecule has 2 aromatic rings. The molecule has 0 spiro atoms. The van der Waals surface area contributed by atoms with E-state index in [-0.39, 0.29) is 5.91 Å². The van der Waals surface area contributed by atoms with Gasteiger partial charge in [0, 0.05) is 20.0 Å². The molecule has 0 atom stereocenters. The Kier molecular flexibility index (Phi) is 3.85. The number of aryl methyl sites for hydroxylation is 1. The summed E-state index contributed by atoms with van der Waals surface area (Å²) in [4.78, 5) is 18.9. The second-order valence-corrected chi connectivity index (χ2v) is 6.27. The van der Waals surface area contributed by atoms with Crippen LogP contribution < -0.4 is 0 Å². The van der Waals surface area contributed by atoms with E-state index in [9.17, 15) is 4.79 Å². The van der Waals surface area contributed by atoms with E-state index in [0.717, 1.165) is 34.7 Å². The highest BCUT2D eigenvalue weighted by molar-refractivity contribution is 9.10. The van der Waals surface area contributed by atoms with Gasteiger partial charge in [-0.3, -0.25) is 4.79 Å². The molecule has 1 aromatic heterocycles. The van der Waals surface area contributed by atoms with E-state index in [1.165, 1.54) is 5.56 Å². The Hall–Kier alpha value is -1.62. The number of halogens is 1. The molecule has 1 aliphatic heterocycles. The van der Waals surface area contributed by atoms with Gasteiger partial charge in [-0.05, 0) is 28.4 Å². The zero-order chi connectivity index (χ0) is 15.0. The zero-order valence-corrected chi connectivity index (χ0v) is 13.9. The predicted octanol–water partition coefficient (Wildman–Crippen LogP) is 2.62. The molecule has 0 N–H and O–H groups in total. The molecule has 1 aromatic carbocycles. The highest BCUT2D eigenvalue weighted by Gasteiger charge is 2.25. The Labute approximate surface area is 132 Å². The molecule has 110 valence electrons. The molecule has 0 aliphatic carbocycles. The first kappa shape index (κ1) is 14.3. The maximum absolute atomic E-state index is 12.5. The minimum absolute atomic E-state index is 0.182. The third kappa shape index (κ3) is 2.88. The number of benzene rings is 1. The van der Waals surface area contributed by atoms with Gasteiger partial charge in [-0.15, -0.1) is 0 Å². The number of hydrogen-bond acceptors (Lipinski definition) is 2. The number of amides is 1. The number of aromatic nitrogens is 2. The van der Waals surface area contributed by atoms with Crippen molar-refractivity contribution in [1.29, 1.82) is 0 Å². The molecule has 0 bridgehead atoms. The van der Waals surface area contributed by atoms with Crippen LogP contribution in [0.15, 0.2) is 29.0 Å². The van der Waals surface area contributed by atoms with Crippen LogP contribution in [0, 0.1) is 6.92 Å². The van der Waals surface area contributed by atoms with Crippen molar-refractivity contribution in [3.8, 4) is 0 Å². The molecule has 1 amide bonds. The van der Waals surface area contributed by atoms with Gasteiger partial charge in [0.1, 0.15) is 0 Å². The highest BCUT2D eigenvalue weighted by atomic mass is 79.9. The standard InChI is InChI=1S/C16H18BrN3O/c1-11-3-5-12(6-4-11)9-15(21)20-8-7-13-14(10-20)19(2)16(17)18-13/h3-6H,7-10H2,1-2H3. The van der Waals surface area contributed by atoms with Crippen LogP contribution >= 0.6 is 15.9 Å². The summed E-state index contributed by atoms with van der Waals surface area (Å²) < 4.78 is 2.85. The summed E-state index contributed by atoms with van der Waals surface area (Å²) in [5, 5.41) is 0. The highest BCUT2D eigenvalue weighted by Crippen LogP contribution is 2.22. The summed E-state index contributed by atoms with van der Waals surface area (Å²) in [5.74, 6) is 0.182. The van der Waals surface area contributed by atoms with Crippen LogP contribution in [-0.4, -0.2) is 26.9 Å². The fourth-order valence-corrected chi connectivity index (χ4v) is 3.09. The van der Waals surface area contributed by atoms with Gasteiger partial charge in [-0.25, -0.2) is 4.98 Å². The van der Waals surface area contributed by atoms with Crippen LogP contribution in [0.2, 0.25) is 0 Å². The number of hydrogen-bond donors (Lipinski definition) is 0. The van der Waals surface area contributed by atoms with Crippen LogP contribution in [0.5, 0.6) is 0 Å². The summed E-state index contributed by atoms with van der Waals surface area (Å²) in [6, 6.07) is 8.16. The molecule has 0 unspecified atom stereocenters.